The predicted molar refractivity (Wildman–Crippen MR) is 56.3 cm³/mol. The summed E-state index contributed by atoms with van der Waals surface area (Å²) in [5.74, 6) is 0. The Bertz CT molecular complexity index is 182. The monoisotopic (exact) mass is 199 g/mol. The molecular weight excluding hydrogens is 178 g/mol. The molecule has 14 heavy (non-hydrogen) atoms. The fourth-order valence-electron chi connectivity index (χ4n) is 2.10. The van der Waals surface area contributed by atoms with Crippen molar-refractivity contribution in [2.24, 2.45) is 0 Å². The molecule has 0 saturated carbocycles. The number of likely N-dealkylation sites (tertiary alicyclic amines) is 1. The van der Waals surface area contributed by atoms with Gasteiger partial charge in [-0.05, 0) is 25.7 Å². The quantitative estimate of drug-likeness (QED) is 0.699. The molecule has 0 aliphatic carbocycles. The van der Waals surface area contributed by atoms with E-state index in [-0.39, 0.29) is 6.09 Å². The molecular formula is C11H21NO2. The largest absolute Gasteiger partial charge is 0.453 e. The fraction of sp³-hybridized carbons (Fsp3) is 0.909. The number of hydrogen-bond donors (Lipinski definition) is 0. The number of hydrogen-bond acceptors (Lipinski definition) is 2. The lowest BCUT2D eigenvalue weighted by atomic mass is 9.98. The van der Waals surface area contributed by atoms with E-state index in [1.807, 2.05) is 4.90 Å². The molecule has 1 aliphatic heterocycles. The van der Waals surface area contributed by atoms with Gasteiger partial charge in [0.05, 0.1) is 7.11 Å². The van der Waals surface area contributed by atoms with E-state index in [1.165, 1.54) is 26.4 Å². The highest BCUT2D eigenvalue weighted by Gasteiger charge is 2.26. The van der Waals surface area contributed by atoms with Crippen molar-refractivity contribution >= 4 is 6.09 Å². The van der Waals surface area contributed by atoms with E-state index in [4.69, 9.17) is 4.74 Å². The number of methoxy groups -OCH3 is 1. The third-order valence-electron chi connectivity index (χ3n) is 2.93. The molecule has 1 atom stereocenters. The number of carbonyl (C=O) groups is 1. The summed E-state index contributed by atoms with van der Waals surface area (Å²) in [5, 5.41) is 0. The van der Waals surface area contributed by atoms with Crippen LogP contribution >= 0.6 is 0 Å². The van der Waals surface area contributed by atoms with Gasteiger partial charge >= 0.3 is 6.09 Å². The van der Waals surface area contributed by atoms with Crippen molar-refractivity contribution in [2.75, 3.05) is 13.7 Å². The first-order chi connectivity index (χ1) is 6.79. The summed E-state index contributed by atoms with van der Waals surface area (Å²) in [7, 11) is 1.47. The maximum absolute atomic E-state index is 11.4. The molecule has 3 heteroatoms. The molecule has 1 amide bonds. The molecule has 0 radical (unpaired) electrons. The van der Waals surface area contributed by atoms with Gasteiger partial charge in [-0.2, -0.15) is 0 Å². The number of amides is 1. The van der Waals surface area contributed by atoms with Crippen LogP contribution in [0.1, 0.15) is 45.4 Å². The standard InChI is InChI=1S/C11H21NO2/c1-3-4-7-10-8-5-6-9-12(10)11(13)14-2/h10H,3-9H2,1-2H3/t10-/m0/s1. The van der Waals surface area contributed by atoms with Gasteiger partial charge in [-0.15, -0.1) is 0 Å². The Morgan fingerprint density at radius 2 is 2.29 bits per heavy atom. The van der Waals surface area contributed by atoms with Crippen molar-refractivity contribution in [3.8, 4) is 0 Å². The van der Waals surface area contributed by atoms with Gasteiger partial charge in [-0.25, -0.2) is 4.79 Å². The Morgan fingerprint density at radius 3 is 2.93 bits per heavy atom. The number of rotatable bonds is 3. The van der Waals surface area contributed by atoms with Gasteiger partial charge in [0.15, 0.2) is 0 Å². The maximum atomic E-state index is 11.4. The van der Waals surface area contributed by atoms with Crippen molar-refractivity contribution in [3.63, 3.8) is 0 Å². The Labute approximate surface area is 86.4 Å². The number of piperidine rings is 1. The zero-order valence-corrected chi connectivity index (χ0v) is 9.29. The Hall–Kier alpha value is -0.730. The van der Waals surface area contributed by atoms with Crippen LogP contribution in [0.2, 0.25) is 0 Å². The van der Waals surface area contributed by atoms with Gasteiger partial charge < -0.3 is 9.64 Å². The number of unbranched alkanes of at least 4 members (excludes halogenated alkanes) is 1. The zero-order valence-electron chi connectivity index (χ0n) is 9.29. The van der Waals surface area contributed by atoms with Crippen molar-refractivity contribution in [3.05, 3.63) is 0 Å². The van der Waals surface area contributed by atoms with Gasteiger partial charge in [0.1, 0.15) is 0 Å². The lowest BCUT2D eigenvalue weighted by Gasteiger charge is -2.34. The average molecular weight is 199 g/mol. The average Bonchev–Trinajstić information content (AvgIpc) is 2.25. The summed E-state index contributed by atoms with van der Waals surface area (Å²) in [6, 6.07) is 0.427. The first-order valence-electron chi connectivity index (χ1n) is 5.64. The lowest BCUT2D eigenvalue weighted by Crippen LogP contribution is -2.43. The molecule has 1 aliphatic rings. The highest BCUT2D eigenvalue weighted by atomic mass is 16.5. The van der Waals surface area contributed by atoms with E-state index in [1.54, 1.807) is 0 Å². The van der Waals surface area contributed by atoms with Gasteiger partial charge in [-0.1, -0.05) is 19.8 Å². The molecule has 0 bridgehead atoms. The third-order valence-corrected chi connectivity index (χ3v) is 2.93. The Morgan fingerprint density at radius 1 is 1.50 bits per heavy atom. The summed E-state index contributed by atoms with van der Waals surface area (Å²) in [6.45, 7) is 3.06. The number of carbonyl (C=O) groups excluding carboxylic acids is 1. The van der Waals surface area contributed by atoms with Crippen LogP contribution in [-0.4, -0.2) is 30.7 Å². The van der Waals surface area contributed by atoms with E-state index in [9.17, 15) is 4.79 Å². The molecule has 0 N–H and O–H groups in total. The molecule has 1 rings (SSSR count). The second-order valence-corrected chi connectivity index (χ2v) is 3.96. The summed E-state index contributed by atoms with van der Waals surface area (Å²) >= 11 is 0. The zero-order chi connectivity index (χ0) is 10.4. The van der Waals surface area contributed by atoms with Crippen LogP contribution in [0.25, 0.3) is 0 Å². The smallest absolute Gasteiger partial charge is 0.409 e. The number of ether oxygens (including phenoxy) is 1. The van der Waals surface area contributed by atoms with Crippen LogP contribution < -0.4 is 0 Å². The second kappa shape index (κ2) is 5.89. The van der Waals surface area contributed by atoms with Crippen molar-refractivity contribution in [1.82, 2.24) is 4.90 Å². The van der Waals surface area contributed by atoms with Gasteiger partial charge in [-0.3, -0.25) is 0 Å². The van der Waals surface area contributed by atoms with Crippen LogP contribution in [0, 0.1) is 0 Å². The molecule has 1 fully saturated rings. The van der Waals surface area contributed by atoms with E-state index in [2.05, 4.69) is 6.92 Å². The Kier molecular flexibility index (Phi) is 4.77. The molecule has 0 spiro atoms. The molecule has 0 unspecified atom stereocenters. The van der Waals surface area contributed by atoms with Crippen molar-refractivity contribution in [1.29, 1.82) is 0 Å². The van der Waals surface area contributed by atoms with E-state index in [0.717, 1.165) is 25.8 Å². The minimum Gasteiger partial charge on any atom is -0.453 e. The summed E-state index contributed by atoms with van der Waals surface area (Å²) < 4.78 is 4.79. The normalized spacial score (nSPS) is 22.1. The van der Waals surface area contributed by atoms with E-state index < -0.39 is 0 Å². The van der Waals surface area contributed by atoms with E-state index in [0.29, 0.717) is 6.04 Å². The lowest BCUT2D eigenvalue weighted by molar-refractivity contribution is 0.0862. The van der Waals surface area contributed by atoms with Gasteiger partial charge in [0.2, 0.25) is 0 Å². The Balaban J connectivity index is 2.45. The van der Waals surface area contributed by atoms with Crippen LogP contribution in [0.5, 0.6) is 0 Å². The highest BCUT2D eigenvalue weighted by Crippen LogP contribution is 2.21. The fourth-order valence-corrected chi connectivity index (χ4v) is 2.10. The minimum atomic E-state index is -0.147. The van der Waals surface area contributed by atoms with Crippen LogP contribution in [-0.2, 0) is 4.74 Å². The SMILES string of the molecule is CCCC[C@H]1CCCCN1C(=O)OC. The van der Waals surface area contributed by atoms with Crippen LogP contribution in [0.4, 0.5) is 4.79 Å². The predicted octanol–water partition coefficient (Wildman–Crippen LogP) is 2.80. The highest BCUT2D eigenvalue weighted by molar-refractivity contribution is 5.67. The molecule has 0 aromatic rings. The maximum Gasteiger partial charge on any atom is 0.409 e. The first-order valence-corrected chi connectivity index (χ1v) is 5.64. The van der Waals surface area contributed by atoms with Crippen LogP contribution in [0.15, 0.2) is 0 Å². The molecule has 0 aromatic carbocycles. The summed E-state index contributed by atoms with van der Waals surface area (Å²) in [5.41, 5.74) is 0. The minimum absolute atomic E-state index is 0.147. The second-order valence-electron chi connectivity index (χ2n) is 3.96. The first kappa shape index (κ1) is 11.3. The summed E-state index contributed by atoms with van der Waals surface area (Å²) in [4.78, 5) is 13.3. The van der Waals surface area contributed by atoms with Crippen molar-refractivity contribution < 1.29 is 9.53 Å². The van der Waals surface area contributed by atoms with Crippen LogP contribution in [0.3, 0.4) is 0 Å². The molecule has 1 saturated heterocycles. The molecule has 0 aromatic heterocycles. The summed E-state index contributed by atoms with van der Waals surface area (Å²) in [6.07, 6.45) is 6.91. The third kappa shape index (κ3) is 2.89. The number of nitrogens with zero attached hydrogens (tertiary/aromatic N) is 1. The molecule has 1 heterocycles. The van der Waals surface area contributed by atoms with E-state index >= 15 is 0 Å². The molecule has 82 valence electrons. The topological polar surface area (TPSA) is 29.5 Å². The van der Waals surface area contributed by atoms with Gasteiger partial charge in [0, 0.05) is 12.6 Å². The van der Waals surface area contributed by atoms with Gasteiger partial charge in [0.25, 0.3) is 0 Å². The van der Waals surface area contributed by atoms with Crippen molar-refractivity contribution in [2.45, 2.75) is 51.5 Å². The molecule has 3 nitrogen and oxygen atoms in total.